The van der Waals surface area contributed by atoms with Gasteiger partial charge in [0.2, 0.25) is 0 Å². The molecule has 2 aromatic rings. The molecule has 170 valence electrons. The minimum atomic E-state index is -1.09. The maximum atomic E-state index is 12.1. The Bertz CT molecular complexity index is 793. The quantitative estimate of drug-likeness (QED) is 0.377. The molecule has 3 rings (SSSR count). The zero-order chi connectivity index (χ0) is 20.0. The zero-order valence-corrected chi connectivity index (χ0v) is 20.6. The number of hydrogen-bond acceptors (Lipinski definition) is 5. The molecule has 3 N–H and O–H groups in total. The minimum Gasteiger partial charge on any atom is -0.361 e. The fourth-order valence-electron chi connectivity index (χ4n) is 3.19. The molecule has 0 aliphatic carbocycles. The minimum absolute atomic E-state index is 0. The molecule has 0 bridgehead atoms. The summed E-state index contributed by atoms with van der Waals surface area (Å²) in [7, 11) is -1.09. The van der Waals surface area contributed by atoms with Gasteiger partial charge in [-0.1, -0.05) is 19.6 Å². The topological polar surface area (TPSA) is 93.1 Å². The first-order valence-corrected chi connectivity index (χ1v) is 13.8. The third-order valence-electron chi connectivity index (χ3n) is 4.87. The van der Waals surface area contributed by atoms with Gasteiger partial charge in [-0.3, -0.25) is 5.32 Å². The molecule has 2 amide bonds. The highest BCUT2D eigenvalue weighted by molar-refractivity contribution is 6.76. The van der Waals surface area contributed by atoms with Crippen molar-refractivity contribution in [3.8, 4) is 0 Å². The lowest BCUT2D eigenvalue weighted by Crippen LogP contribution is -2.33. The number of nitrogens with zero attached hydrogens (tertiary/aromatic N) is 3. The van der Waals surface area contributed by atoms with E-state index in [4.69, 9.17) is 4.74 Å². The van der Waals surface area contributed by atoms with Gasteiger partial charge in [0.15, 0.2) is 11.5 Å². The number of urea groups is 1. The molecular weight excluding hydrogens is 443 g/mol. The summed E-state index contributed by atoms with van der Waals surface area (Å²) in [6.07, 6.45) is 6.84. The summed E-state index contributed by atoms with van der Waals surface area (Å²) in [5.41, 5.74) is 1.49. The average Bonchev–Trinajstić information content (AvgIpc) is 3.27. The summed E-state index contributed by atoms with van der Waals surface area (Å²) < 4.78 is 7.72. The van der Waals surface area contributed by atoms with Gasteiger partial charge in [0.25, 0.3) is 0 Å². The van der Waals surface area contributed by atoms with Crippen molar-refractivity contribution < 1.29 is 9.53 Å². The molecule has 1 saturated heterocycles. The summed E-state index contributed by atoms with van der Waals surface area (Å²) >= 11 is 0. The number of carbonyl (C=O) groups excluding carboxylic acids is 1. The Morgan fingerprint density at radius 2 is 2.17 bits per heavy atom. The molecule has 1 aliphatic rings. The Labute approximate surface area is 191 Å². The molecule has 11 heteroatoms. The van der Waals surface area contributed by atoms with Gasteiger partial charge >= 0.3 is 6.03 Å². The van der Waals surface area contributed by atoms with Crippen molar-refractivity contribution in [1.82, 2.24) is 25.2 Å². The van der Waals surface area contributed by atoms with Crippen LogP contribution in [0.3, 0.4) is 0 Å². The molecule has 1 atom stereocenters. The number of nitrogens with one attached hydrogen (secondary N) is 3. The lowest BCUT2D eigenvalue weighted by atomic mass is 10.1. The molecule has 8 nitrogen and oxygen atoms in total. The first kappa shape index (κ1) is 26.6. The second kappa shape index (κ2) is 12.5. The van der Waals surface area contributed by atoms with Crippen LogP contribution in [0.5, 0.6) is 0 Å². The second-order valence-corrected chi connectivity index (χ2v) is 14.2. The van der Waals surface area contributed by atoms with Crippen molar-refractivity contribution in [2.75, 3.05) is 25.0 Å². The summed E-state index contributed by atoms with van der Waals surface area (Å²) in [4.78, 5) is 21.0. The van der Waals surface area contributed by atoms with Crippen molar-refractivity contribution in [3.05, 3.63) is 18.5 Å². The van der Waals surface area contributed by atoms with Crippen molar-refractivity contribution >= 4 is 55.9 Å². The van der Waals surface area contributed by atoms with Crippen LogP contribution in [0, 0.1) is 0 Å². The molecule has 2 aromatic heterocycles. The van der Waals surface area contributed by atoms with Crippen LogP contribution < -0.4 is 16.0 Å². The second-order valence-electron chi connectivity index (χ2n) is 8.56. The maximum absolute atomic E-state index is 12.1. The average molecular weight is 478 g/mol. The van der Waals surface area contributed by atoms with Gasteiger partial charge in [0, 0.05) is 33.5 Å². The van der Waals surface area contributed by atoms with Gasteiger partial charge in [-0.2, -0.15) is 0 Å². The Kier molecular flexibility index (Phi) is 11.1. The normalized spacial score (nSPS) is 16.0. The van der Waals surface area contributed by atoms with E-state index in [2.05, 4.69) is 45.6 Å². The number of amides is 2. The summed E-state index contributed by atoms with van der Waals surface area (Å²) in [6.45, 7) is 9.96. The van der Waals surface area contributed by atoms with E-state index in [1.54, 1.807) is 6.20 Å². The standard InChI is InChI=1S/C19H32N6O2Si.2ClH/c1-28(2,3)12-11-27-14-25-10-7-16-18(25)22-13-17(23-16)24-19(26)21-9-6-15-5-4-8-20-15;;/h7,10,13,15,20H,4-6,8-9,11-12,14H2,1-3H3,(H2,21,23,24,26);2*1H. The first-order chi connectivity index (χ1) is 13.4. The molecule has 0 aromatic carbocycles. The van der Waals surface area contributed by atoms with Crippen molar-refractivity contribution in [2.24, 2.45) is 0 Å². The predicted octanol–water partition coefficient (Wildman–Crippen LogP) is 3.85. The summed E-state index contributed by atoms with van der Waals surface area (Å²) in [6, 6.07) is 3.29. The Hall–Kier alpha value is -1.39. The third-order valence-corrected chi connectivity index (χ3v) is 6.58. The van der Waals surface area contributed by atoms with Gasteiger partial charge in [0.05, 0.1) is 6.20 Å². The Morgan fingerprint density at radius 3 is 2.87 bits per heavy atom. The molecular formula is C19H34Cl2N6O2Si. The van der Waals surface area contributed by atoms with E-state index in [0.717, 1.165) is 36.8 Å². The number of aromatic nitrogens is 3. The highest BCUT2D eigenvalue weighted by Crippen LogP contribution is 2.15. The summed E-state index contributed by atoms with van der Waals surface area (Å²) in [5, 5.41) is 9.06. The fourth-order valence-corrected chi connectivity index (χ4v) is 3.95. The van der Waals surface area contributed by atoms with E-state index < -0.39 is 8.07 Å². The van der Waals surface area contributed by atoms with E-state index >= 15 is 0 Å². The Balaban J connectivity index is 0.00000225. The van der Waals surface area contributed by atoms with Gasteiger partial charge in [-0.15, -0.1) is 24.8 Å². The number of carbonyl (C=O) groups is 1. The lowest BCUT2D eigenvalue weighted by molar-refractivity contribution is 0.0899. The van der Waals surface area contributed by atoms with E-state index in [1.807, 2.05) is 16.8 Å². The molecule has 1 aliphatic heterocycles. The molecule has 0 saturated carbocycles. The third kappa shape index (κ3) is 8.39. The number of hydrogen-bond donors (Lipinski definition) is 3. The zero-order valence-electron chi connectivity index (χ0n) is 17.9. The van der Waals surface area contributed by atoms with Crippen LogP contribution in [0.4, 0.5) is 10.6 Å². The highest BCUT2D eigenvalue weighted by atomic mass is 35.5. The molecule has 30 heavy (non-hydrogen) atoms. The Morgan fingerprint density at radius 1 is 1.37 bits per heavy atom. The number of anilines is 1. The number of fused-ring (bicyclic) bond motifs is 1. The smallest absolute Gasteiger partial charge is 0.320 e. The SMILES string of the molecule is C[Si](C)(C)CCOCn1ccc2nc(NC(=O)NCCC3CCCN3)cnc21.Cl.Cl. The van der Waals surface area contributed by atoms with Crippen LogP contribution in [0.1, 0.15) is 19.3 Å². The molecule has 0 spiro atoms. The predicted molar refractivity (Wildman–Crippen MR) is 129 cm³/mol. The molecule has 0 radical (unpaired) electrons. The number of ether oxygens (including phenoxy) is 1. The van der Waals surface area contributed by atoms with Crippen molar-refractivity contribution in [2.45, 2.75) is 57.7 Å². The van der Waals surface area contributed by atoms with E-state index in [1.165, 1.54) is 12.8 Å². The summed E-state index contributed by atoms with van der Waals surface area (Å²) in [5.74, 6) is 0.446. The van der Waals surface area contributed by atoms with Gasteiger partial charge in [0.1, 0.15) is 12.2 Å². The van der Waals surface area contributed by atoms with Crippen molar-refractivity contribution in [1.29, 1.82) is 0 Å². The first-order valence-electron chi connectivity index (χ1n) is 10.1. The lowest BCUT2D eigenvalue weighted by Gasteiger charge is -2.15. The maximum Gasteiger partial charge on any atom is 0.320 e. The van der Waals surface area contributed by atoms with Gasteiger partial charge in [-0.05, 0) is 37.9 Å². The van der Waals surface area contributed by atoms with E-state index in [-0.39, 0.29) is 30.8 Å². The van der Waals surface area contributed by atoms with Gasteiger partial charge < -0.3 is 19.9 Å². The van der Waals surface area contributed by atoms with Gasteiger partial charge in [-0.25, -0.2) is 14.8 Å². The van der Waals surface area contributed by atoms with Crippen molar-refractivity contribution in [3.63, 3.8) is 0 Å². The van der Waals surface area contributed by atoms with Crippen LogP contribution in [-0.4, -0.2) is 54.4 Å². The fraction of sp³-hybridized carbons (Fsp3) is 0.632. The monoisotopic (exact) mass is 476 g/mol. The van der Waals surface area contributed by atoms with Crippen LogP contribution in [0.25, 0.3) is 11.2 Å². The van der Waals surface area contributed by atoms with Crippen LogP contribution in [0.2, 0.25) is 25.7 Å². The number of rotatable bonds is 9. The van der Waals surface area contributed by atoms with Crippen LogP contribution in [0.15, 0.2) is 18.5 Å². The largest absolute Gasteiger partial charge is 0.361 e. The van der Waals surface area contributed by atoms with E-state index in [9.17, 15) is 4.79 Å². The van der Waals surface area contributed by atoms with Crippen LogP contribution >= 0.6 is 24.8 Å². The molecule has 1 fully saturated rings. The van der Waals surface area contributed by atoms with E-state index in [0.29, 0.717) is 25.1 Å². The number of halogens is 2. The molecule has 1 unspecified atom stereocenters. The molecule has 3 heterocycles. The van der Waals surface area contributed by atoms with Crippen LogP contribution in [-0.2, 0) is 11.5 Å². The highest BCUT2D eigenvalue weighted by Gasteiger charge is 2.14.